The fraction of sp³-hybridized carbons (Fsp3) is 0. The van der Waals surface area contributed by atoms with Gasteiger partial charge in [-0.25, -0.2) is 15.0 Å². The molecule has 0 bridgehead atoms. The van der Waals surface area contributed by atoms with Crippen LogP contribution in [0.15, 0.2) is 23.3 Å². The first-order valence-electron chi connectivity index (χ1n) is 3.60. The normalized spacial score (nSPS) is 11.1. The third kappa shape index (κ3) is 0.851. The molecule has 0 saturated carbocycles. The van der Waals surface area contributed by atoms with Crippen LogP contribution in [0.3, 0.4) is 0 Å². The Balaban J connectivity index is 2.57. The first-order chi connectivity index (χ1) is 6.43. The molecule has 62 valence electrons. The van der Waals surface area contributed by atoms with E-state index in [0.29, 0.717) is 22.5 Å². The third-order valence-corrected chi connectivity index (χ3v) is 1.64. The number of nitrogens with zero attached hydrogens (tertiary/aromatic N) is 5. The molecule has 13 heavy (non-hydrogen) atoms. The molecule has 0 atom stereocenters. The molecular weight excluding hydrogens is 170 g/mol. The summed E-state index contributed by atoms with van der Waals surface area (Å²) in [4.78, 5) is 19.9. The highest BCUT2D eigenvalue weighted by Crippen LogP contribution is 2.10. The van der Waals surface area contributed by atoms with Crippen molar-refractivity contribution in [3.05, 3.63) is 18.9 Å². The van der Waals surface area contributed by atoms with Gasteiger partial charge in [-0.1, -0.05) is 0 Å². The predicted octanol–water partition coefficient (Wildman–Crippen LogP) is 0.561. The molecule has 0 aliphatic rings. The second kappa shape index (κ2) is 2.19. The summed E-state index contributed by atoms with van der Waals surface area (Å²) in [6.45, 7) is 0. The van der Waals surface area contributed by atoms with E-state index >= 15 is 0 Å². The van der Waals surface area contributed by atoms with E-state index < -0.39 is 0 Å². The largest absolute Gasteiger partial charge is 0.424 e. The minimum Gasteiger partial charge on any atom is -0.424 e. The Morgan fingerprint density at radius 2 is 2.08 bits per heavy atom. The van der Waals surface area contributed by atoms with Crippen LogP contribution in [0, 0.1) is 0 Å². The van der Waals surface area contributed by atoms with E-state index in [1.165, 1.54) is 12.7 Å². The molecule has 0 aliphatic heterocycles. The molecule has 0 spiro atoms. The van der Waals surface area contributed by atoms with Crippen molar-refractivity contribution in [1.82, 2.24) is 24.9 Å². The van der Waals surface area contributed by atoms with Gasteiger partial charge in [-0.3, -0.25) is 0 Å². The number of oxazole rings is 1. The second-order valence-corrected chi connectivity index (χ2v) is 2.44. The van der Waals surface area contributed by atoms with Crippen molar-refractivity contribution < 1.29 is 4.42 Å². The lowest BCUT2D eigenvalue weighted by Crippen LogP contribution is -1.89. The summed E-state index contributed by atoms with van der Waals surface area (Å²) in [7, 11) is 0. The van der Waals surface area contributed by atoms with Gasteiger partial charge in [-0.2, -0.15) is 9.97 Å². The Morgan fingerprint density at radius 3 is 3.08 bits per heavy atom. The van der Waals surface area contributed by atoms with Gasteiger partial charge in [0.05, 0.1) is 6.20 Å². The van der Waals surface area contributed by atoms with E-state index in [1.54, 1.807) is 6.20 Å². The zero-order valence-electron chi connectivity index (χ0n) is 6.38. The van der Waals surface area contributed by atoms with Crippen LogP contribution in [-0.4, -0.2) is 24.9 Å². The van der Waals surface area contributed by atoms with Crippen molar-refractivity contribution in [1.29, 1.82) is 0 Å². The highest BCUT2D eigenvalue weighted by molar-refractivity contribution is 5.77. The van der Waals surface area contributed by atoms with E-state index in [-0.39, 0.29) is 0 Å². The van der Waals surface area contributed by atoms with E-state index in [9.17, 15) is 0 Å². The lowest BCUT2D eigenvalue weighted by atomic mass is 10.5. The van der Waals surface area contributed by atoms with E-state index in [4.69, 9.17) is 4.42 Å². The minimum atomic E-state index is 0.395. The van der Waals surface area contributed by atoms with Crippen LogP contribution in [0.5, 0.6) is 0 Å². The second-order valence-electron chi connectivity index (χ2n) is 2.44. The van der Waals surface area contributed by atoms with Gasteiger partial charge in [0.1, 0.15) is 11.8 Å². The van der Waals surface area contributed by atoms with Gasteiger partial charge in [0.25, 0.3) is 5.71 Å². The van der Waals surface area contributed by atoms with E-state index in [0.717, 1.165) is 0 Å². The molecule has 3 aromatic heterocycles. The number of hydrogen-bond acceptors (Lipinski definition) is 6. The zero-order valence-corrected chi connectivity index (χ0v) is 6.38. The monoisotopic (exact) mass is 173 g/mol. The first kappa shape index (κ1) is 6.41. The first-order valence-corrected chi connectivity index (χ1v) is 3.60. The number of hydrogen-bond donors (Lipinski definition) is 0. The molecular formula is C7H3N5O. The van der Waals surface area contributed by atoms with Gasteiger partial charge in [0.2, 0.25) is 5.65 Å². The van der Waals surface area contributed by atoms with Crippen molar-refractivity contribution in [2.24, 2.45) is 0 Å². The van der Waals surface area contributed by atoms with Crippen molar-refractivity contribution in [3.8, 4) is 0 Å². The Bertz CT molecular complexity index is 525. The molecule has 0 aliphatic carbocycles. The average Bonchev–Trinajstić information content (AvgIpc) is 2.61. The SMILES string of the molecule is c1ncc2nc3ncoc3nc2n1. The van der Waals surface area contributed by atoms with Crippen LogP contribution in [0.1, 0.15) is 0 Å². The van der Waals surface area contributed by atoms with Gasteiger partial charge >= 0.3 is 0 Å². The van der Waals surface area contributed by atoms with Crippen LogP contribution < -0.4 is 0 Å². The standard InChI is InChI=1S/C7H3N5O/c1-4-5(9-2-8-1)12-7-6(11-4)10-3-13-7/h1-3H. The minimum absolute atomic E-state index is 0.395. The third-order valence-electron chi connectivity index (χ3n) is 1.64. The topological polar surface area (TPSA) is 77.6 Å². The molecule has 0 fully saturated rings. The Morgan fingerprint density at radius 1 is 1.08 bits per heavy atom. The highest BCUT2D eigenvalue weighted by atomic mass is 16.3. The summed E-state index contributed by atoms with van der Waals surface area (Å²) in [6.07, 6.45) is 4.31. The van der Waals surface area contributed by atoms with Crippen LogP contribution in [-0.2, 0) is 0 Å². The highest BCUT2D eigenvalue weighted by Gasteiger charge is 2.04. The van der Waals surface area contributed by atoms with E-state index in [1.807, 2.05) is 0 Å². The maximum atomic E-state index is 4.98. The molecule has 6 nitrogen and oxygen atoms in total. The molecule has 0 aromatic carbocycles. The zero-order chi connectivity index (χ0) is 8.67. The van der Waals surface area contributed by atoms with Gasteiger partial charge < -0.3 is 4.42 Å². The van der Waals surface area contributed by atoms with Crippen LogP contribution in [0.4, 0.5) is 0 Å². The number of fused-ring (bicyclic) bond motifs is 2. The van der Waals surface area contributed by atoms with Crippen molar-refractivity contribution >= 4 is 22.5 Å². The van der Waals surface area contributed by atoms with Gasteiger partial charge in [-0.05, 0) is 0 Å². The molecule has 0 unspecified atom stereocenters. The molecule has 3 aromatic rings. The molecule has 0 N–H and O–H groups in total. The fourth-order valence-electron chi connectivity index (χ4n) is 1.08. The van der Waals surface area contributed by atoms with Crippen molar-refractivity contribution in [2.45, 2.75) is 0 Å². The lowest BCUT2D eigenvalue weighted by Gasteiger charge is -1.91. The smallest absolute Gasteiger partial charge is 0.268 e. The Hall–Kier alpha value is -2.11. The summed E-state index contributed by atoms with van der Waals surface area (Å²) in [5, 5.41) is 0. The van der Waals surface area contributed by atoms with Gasteiger partial charge in [-0.15, -0.1) is 0 Å². The maximum Gasteiger partial charge on any atom is 0.268 e. The number of rotatable bonds is 0. The lowest BCUT2D eigenvalue weighted by molar-refractivity contribution is 0.591. The average molecular weight is 173 g/mol. The molecule has 0 amide bonds. The molecule has 0 saturated heterocycles. The quantitative estimate of drug-likeness (QED) is 0.494. The summed E-state index contributed by atoms with van der Waals surface area (Å²) in [5.74, 6) is 0. The van der Waals surface area contributed by atoms with Gasteiger partial charge in [0, 0.05) is 0 Å². The number of aromatic nitrogens is 5. The maximum absolute atomic E-state index is 4.98. The molecule has 6 heteroatoms. The fourth-order valence-corrected chi connectivity index (χ4v) is 1.08. The molecule has 3 heterocycles. The van der Waals surface area contributed by atoms with Crippen molar-refractivity contribution in [2.75, 3.05) is 0 Å². The Labute approximate surface area is 71.7 Å². The van der Waals surface area contributed by atoms with Crippen LogP contribution in [0.2, 0.25) is 0 Å². The van der Waals surface area contributed by atoms with E-state index in [2.05, 4.69) is 24.9 Å². The molecule has 3 rings (SSSR count). The van der Waals surface area contributed by atoms with Crippen molar-refractivity contribution in [3.63, 3.8) is 0 Å². The molecule has 0 radical (unpaired) electrons. The summed E-state index contributed by atoms with van der Waals surface area (Å²) in [5.41, 5.74) is 2.00. The van der Waals surface area contributed by atoms with Crippen LogP contribution >= 0.6 is 0 Å². The summed E-state index contributed by atoms with van der Waals surface area (Å²) in [6, 6.07) is 0. The summed E-state index contributed by atoms with van der Waals surface area (Å²) < 4.78 is 4.98. The van der Waals surface area contributed by atoms with Gasteiger partial charge in [0.15, 0.2) is 12.0 Å². The van der Waals surface area contributed by atoms with Crippen LogP contribution in [0.25, 0.3) is 22.5 Å². The Kier molecular flexibility index (Phi) is 1.08. The summed E-state index contributed by atoms with van der Waals surface area (Å²) >= 11 is 0. The predicted molar refractivity (Wildman–Crippen MR) is 42.7 cm³/mol.